The fourth-order valence-corrected chi connectivity index (χ4v) is 3.47. The second-order valence-corrected chi connectivity index (χ2v) is 7.49. The highest BCUT2D eigenvalue weighted by Crippen LogP contribution is 2.45. The molecular weight excluding hydrogens is 363 g/mol. The van der Waals surface area contributed by atoms with E-state index in [1.807, 2.05) is 0 Å². The Morgan fingerprint density at radius 1 is 1.46 bits per heavy atom. The van der Waals surface area contributed by atoms with Crippen molar-refractivity contribution >= 4 is 9.84 Å². The van der Waals surface area contributed by atoms with Gasteiger partial charge in [-0.05, 0) is 0 Å². The zero-order valence-electron chi connectivity index (χ0n) is 12.6. The number of hydrogen-bond donors (Lipinski definition) is 1. The van der Waals surface area contributed by atoms with E-state index < -0.39 is 64.1 Å². The average molecular weight is 378 g/mol. The number of fused-ring (bicyclic) bond motifs is 1. The van der Waals surface area contributed by atoms with Gasteiger partial charge in [0.15, 0.2) is 21.0 Å². The lowest BCUT2D eigenvalue weighted by Crippen LogP contribution is -2.32. The molecule has 12 heteroatoms. The van der Waals surface area contributed by atoms with Crippen LogP contribution in [0.15, 0.2) is 5.03 Å². The molecule has 1 N–H and O–H groups in total. The smallest absolute Gasteiger partial charge is 0.382 e. The molecule has 2 atom stereocenters. The van der Waals surface area contributed by atoms with Crippen molar-refractivity contribution < 1.29 is 40.2 Å². The first-order valence-corrected chi connectivity index (χ1v) is 8.63. The standard InChI is InChI=1S/C12H15F5N2O4S/c1-23-7(12(15,16)17)3-4-19-6-5-11(13,14)9(20)8(6)10(18-19)24(2,21)22/h7,9,20H,3-5H2,1-2H3/t7-,9-/m0/s1. The molecule has 1 aliphatic carbocycles. The van der Waals surface area contributed by atoms with Gasteiger partial charge in [0.05, 0.1) is 12.1 Å². The summed E-state index contributed by atoms with van der Waals surface area (Å²) in [5.41, 5.74) is -0.839. The molecule has 0 fully saturated rings. The Bertz CT molecular complexity index is 729. The number of halogens is 5. The zero-order chi connectivity index (χ0) is 18.5. The molecule has 0 saturated heterocycles. The maximum Gasteiger partial charge on any atom is 0.414 e. The summed E-state index contributed by atoms with van der Waals surface area (Å²) in [6.45, 7) is -0.487. The first-order chi connectivity index (χ1) is 10.8. The Kier molecular flexibility index (Phi) is 4.70. The number of ether oxygens (including phenoxy) is 1. The van der Waals surface area contributed by atoms with E-state index in [0.717, 1.165) is 18.0 Å². The lowest BCUT2D eigenvalue weighted by atomic mass is 10.2. The van der Waals surface area contributed by atoms with Gasteiger partial charge in [-0.15, -0.1) is 0 Å². The number of aliphatic hydroxyl groups excluding tert-OH is 1. The van der Waals surface area contributed by atoms with Gasteiger partial charge in [0.25, 0.3) is 5.92 Å². The molecule has 2 rings (SSSR count). The van der Waals surface area contributed by atoms with E-state index in [1.54, 1.807) is 0 Å². The fourth-order valence-electron chi connectivity index (χ4n) is 2.59. The van der Waals surface area contributed by atoms with Crippen LogP contribution in [0, 0.1) is 0 Å². The number of sulfone groups is 1. The Balaban J connectivity index is 2.39. The molecule has 0 unspecified atom stereocenters. The molecule has 0 spiro atoms. The highest BCUT2D eigenvalue weighted by molar-refractivity contribution is 7.90. The summed E-state index contributed by atoms with van der Waals surface area (Å²) in [4.78, 5) is 0. The fraction of sp³-hybridized carbons (Fsp3) is 0.750. The van der Waals surface area contributed by atoms with E-state index in [0.29, 0.717) is 0 Å². The van der Waals surface area contributed by atoms with Crippen LogP contribution in [0.2, 0.25) is 0 Å². The van der Waals surface area contributed by atoms with E-state index >= 15 is 0 Å². The summed E-state index contributed by atoms with van der Waals surface area (Å²) in [5.74, 6) is -3.61. The highest BCUT2D eigenvalue weighted by Gasteiger charge is 2.52. The van der Waals surface area contributed by atoms with Gasteiger partial charge < -0.3 is 9.84 Å². The molecule has 138 valence electrons. The lowest BCUT2D eigenvalue weighted by Gasteiger charge is -2.19. The van der Waals surface area contributed by atoms with Gasteiger partial charge in [-0.2, -0.15) is 18.3 Å². The summed E-state index contributed by atoms with van der Waals surface area (Å²) < 4.78 is 93.8. The minimum absolute atomic E-state index is 0.287. The van der Waals surface area contributed by atoms with Crippen molar-refractivity contribution in [3.63, 3.8) is 0 Å². The van der Waals surface area contributed by atoms with Gasteiger partial charge in [-0.3, -0.25) is 4.68 Å². The predicted molar refractivity (Wildman–Crippen MR) is 70.4 cm³/mol. The van der Waals surface area contributed by atoms with E-state index in [2.05, 4.69) is 9.84 Å². The number of hydrogen-bond acceptors (Lipinski definition) is 5. The van der Waals surface area contributed by atoms with Gasteiger partial charge in [0, 0.05) is 31.9 Å². The second-order valence-electron chi connectivity index (χ2n) is 5.56. The van der Waals surface area contributed by atoms with Crippen LogP contribution >= 0.6 is 0 Å². The molecule has 0 aromatic carbocycles. The number of nitrogens with zero attached hydrogens (tertiary/aromatic N) is 2. The molecule has 1 aliphatic rings. The number of aliphatic hydroxyl groups is 1. The molecule has 1 aromatic rings. The van der Waals surface area contributed by atoms with Gasteiger partial charge in [0.2, 0.25) is 0 Å². The van der Waals surface area contributed by atoms with Gasteiger partial charge in [-0.25, -0.2) is 17.2 Å². The third-order valence-corrected chi connectivity index (χ3v) is 4.75. The van der Waals surface area contributed by atoms with Crippen LogP contribution in [0.25, 0.3) is 0 Å². The normalized spacial score (nSPS) is 21.8. The molecule has 1 heterocycles. The molecule has 6 nitrogen and oxygen atoms in total. The molecule has 0 aliphatic heterocycles. The predicted octanol–water partition coefficient (Wildman–Crippen LogP) is 1.48. The molecular formula is C12H15F5N2O4S. The van der Waals surface area contributed by atoms with Crippen molar-refractivity contribution in [3.05, 3.63) is 11.3 Å². The van der Waals surface area contributed by atoms with Crippen LogP contribution < -0.4 is 0 Å². The second kappa shape index (κ2) is 5.92. The zero-order valence-corrected chi connectivity index (χ0v) is 13.5. The van der Waals surface area contributed by atoms with Crippen LogP contribution in [0.5, 0.6) is 0 Å². The Morgan fingerprint density at radius 2 is 2.04 bits per heavy atom. The third-order valence-electron chi connectivity index (χ3n) is 3.74. The summed E-state index contributed by atoms with van der Waals surface area (Å²) >= 11 is 0. The highest BCUT2D eigenvalue weighted by atomic mass is 32.2. The van der Waals surface area contributed by atoms with Gasteiger partial charge >= 0.3 is 6.18 Å². The van der Waals surface area contributed by atoms with Crippen molar-refractivity contribution in [2.24, 2.45) is 0 Å². The monoisotopic (exact) mass is 378 g/mol. The SMILES string of the molecule is CO[C@@H](CCn1nc(S(C)(=O)=O)c2c1CC(F)(F)[C@H]2O)C(F)(F)F. The Morgan fingerprint density at radius 3 is 2.50 bits per heavy atom. The summed E-state index contributed by atoms with van der Waals surface area (Å²) in [5, 5.41) is 12.5. The number of aromatic nitrogens is 2. The van der Waals surface area contributed by atoms with Crippen molar-refractivity contribution in [2.75, 3.05) is 13.4 Å². The third kappa shape index (κ3) is 3.40. The number of aryl methyl sites for hydroxylation is 1. The molecule has 0 amide bonds. The van der Waals surface area contributed by atoms with Crippen LogP contribution in [0.3, 0.4) is 0 Å². The van der Waals surface area contributed by atoms with E-state index in [9.17, 15) is 35.5 Å². The molecule has 0 saturated carbocycles. The number of alkyl halides is 5. The van der Waals surface area contributed by atoms with Crippen molar-refractivity contribution in [1.29, 1.82) is 0 Å². The first kappa shape index (κ1) is 19.1. The Labute approximate surface area is 134 Å². The van der Waals surface area contributed by atoms with Gasteiger partial charge in [-0.1, -0.05) is 0 Å². The van der Waals surface area contributed by atoms with Crippen molar-refractivity contribution in [3.8, 4) is 0 Å². The largest absolute Gasteiger partial charge is 0.414 e. The molecule has 1 aromatic heterocycles. The molecule has 24 heavy (non-hydrogen) atoms. The van der Waals surface area contributed by atoms with Crippen molar-refractivity contribution in [2.45, 2.75) is 48.7 Å². The van der Waals surface area contributed by atoms with Crippen LogP contribution in [-0.4, -0.2) is 54.9 Å². The minimum Gasteiger partial charge on any atom is -0.382 e. The summed E-state index contributed by atoms with van der Waals surface area (Å²) in [6, 6.07) is 0. The van der Waals surface area contributed by atoms with E-state index in [1.165, 1.54) is 0 Å². The lowest BCUT2D eigenvalue weighted by molar-refractivity contribution is -0.215. The number of methoxy groups -OCH3 is 1. The maximum absolute atomic E-state index is 13.7. The first-order valence-electron chi connectivity index (χ1n) is 6.74. The summed E-state index contributed by atoms with van der Waals surface area (Å²) in [6.07, 6.45) is -10.1. The van der Waals surface area contributed by atoms with Crippen LogP contribution in [0.4, 0.5) is 22.0 Å². The van der Waals surface area contributed by atoms with E-state index in [4.69, 9.17) is 0 Å². The van der Waals surface area contributed by atoms with Crippen molar-refractivity contribution in [1.82, 2.24) is 9.78 Å². The maximum atomic E-state index is 13.7. The number of rotatable bonds is 5. The molecule has 0 radical (unpaired) electrons. The quantitative estimate of drug-likeness (QED) is 0.785. The Hall–Kier alpha value is -1.27. The topological polar surface area (TPSA) is 81.4 Å². The summed E-state index contributed by atoms with van der Waals surface area (Å²) in [7, 11) is -3.19. The minimum atomic E-state index is -4.66. The van der Waals surface area contributed by atoms with Crippen LogP contribution in [-0.2, 0) is 27.5 Å². The molecule has 0 bridgehead atoms. The van der Waals surface area contributed by atoms with Crippen LogP contribution in [0.1, 0.15) is 23.8 Å². The van der Waals surface area contributed by atoms with E-state index in [-0.39, 0.29) is 5.69 Å². The van der Waals surface area contributed by atoms with Gasteiger partial charge in [0.1, 0.15) is 6.10 Å². The average Bonchev–Trinajstić information content (AvgIpc) is 2.85.